The van der Waals surface area contributed by atoms with E-state index in [-0.39, 0.29) is 5.91 Å². The molecule has 1 amide bonds. The molecule has 0 saturated carbocycles. The van der Waals surface area contributed by atoms with Gasteiger partial charge in [-0.3, -0.25) is 4.79 Å². The van der Waals surface area contributed by atoms with E-state index in [1.807, 2.05) is 19.2 Å². The second-order valence-electron chi connectivity index (χ2n) is 5.17. The molecule has 2 aromatic rings. The highest BCUT2D eigenvalue weighted by atomic mass is 16.2. The number of hydrogen-bond acceptors (Lipinski definition) is 2. The lowest BCUT2D eigenvalue weighted by Gasteiger charge is -2.18. The number of anilines is 1. The Morgan fingerprint density at radius 2 is 2.00 bits per heavy atom. The second kappa shape index (κ2) is 6.97. The van der Waals surface area contributed by atoms with Crippen LogP contribution in [0.25, 0.3) is 0 Å². The van der Waals surface area contributed by atoms with Crippen molar-refractivity contribution in [2.75, 3.05) is 12.4 Å². The number of carbonyl (C=O) groups excluding carboxylic acids is 1. The number of carbonyl (C=O) groups is 1. The third kappa shape index (κ3) is 3.88. The molecular formula is C17H23N3O. The summed E-state index contributed by atoms with van der Waals surface area (Å²) in [7, 11) is 1.82. The van der Waals surface area contributed by atoms with Crippen molar-refractivity contribution in [1.29, 1.82) is 0 Å². The summed E-state index contributed by atoms with van der Waals surface area (Å²) in [6.07, 6.45) is 2.09. The van der Waals surface area contributed by atoms with Gasteiger partial charge in [-0.15, -0.1) is 0 Å². The molecule has 2 rings (SSSR count). The quantitative estimate of drug-likeness (QED) is 0.885. The lowest BCUT2D eigenvalue weighted by atomic mass is 10.1. The first-order valence-corrected chi connectivity index (χ1v) is 7.29. The number of benzene rings is 1. The van der Waals surface area contributed by atoms with Gasteiger partial charge >= 0.3 is 0 Å². The van der Waals surface area contributed by atoms with Crippen molar-refractivity contribution in [3.05, 3.63) is 53.9 Å². The Hall–Kier alpha value is -2.23. The van der Waals surface area contributed by atoms with Gasteiger partial charge in [0, 0.05) is 44.6 Å². The van der Waals surface area contributed by atoms with Gasteiger partial charge in [-0.2, -0.15) is 0 Å². The van der Waals surface area contributed by atoms with Crippen LogP contribution in [0.15, 0.2) is 42.6 Å². The van der Waals surface area contributed by atoms with Gasteiger partial charge in [0.2, 0.25) is 5.91 Å². The van der Waals surface area contributed by atoms with Gasteiger partial charge in [0.15, 0.2) is 0 Å². The first-order valence-electron chi connectivity index (χ1n) is 7.29. The molecule has 0 aliphatic heterocycles. The maximum absolute atomic E-state index is 11.4. The van der Waals surface area contributed by atoms with E-state index in [9.17, 15) is 4.79 Å². The molecule has 0 saturated heterocycles. The summed E-state index contributed by atoms with van der Waals surface area (Å²) in [6, 6.07) is 12.3. The predicted molar refractivity (Wildman–Crippen MR) is 86.0 cm³/mol. The van der Waals surface area contributed by atoms with Crippen LogP contribution < -0.4 is 5.32 Å². The summed E-state index contributed by atoms with van der Waals surface area (Å²) in [6.45, 7) is 6.09. The molecule has 21 heavy (non-hydrogen) atoms. The Morgan fingerprint density at radius 1 is 1.24 bits per heavy atom. The zero-order valence-corrected chi connectivity index (χ0v) is 13.0. The van der Waals surface area contributed by atoms with Crippen molar-refractivity contribution < 1.29 is 4.79 Å². The lowest BCUT2D eigenvalue weighted by molar-refractivity contribution is -0.128. The van der Waals surface area contributed by atoms with Crippen LogP contribution in [0.5, 0.6) is 0 Å². The first-order chi connectivity index (χ1) is 10.1. The maximum Gasteiger partial charge on any atom is 0.219 e. The highest BCUT2D eigenvalue weighted by Gasteiger charge is 2.08. The summed E-state index contributed by atoms with van der Waals surface area (Å²) in [5.74, 6) is 0.0738. The lowest BCUT2D eigenvalue weighted by Crippen LogP contribution is -2.23. The van der Waals surface area contributed by atoms with E-state index in [4.69, 9.17) is 0 Å². The van der Waals surface area contributed by atoms with Gasteiger partial charge in [0.05, 0.1) is 6.54 Å². The molecule has 0 aliphatic rings. The number of hydrogen-bond donors (Lipinski definition) is 1. The average Bonchev–Trinajstić information content (AvgIpc) is 2.93. The number of nitrogens with zero attached hydrogens (tertiary/aromatic N) is 2. The SMILES string of the molecule is CCn1cccc1CNc1ccccc1CN(C)C(C)=O. The number of nitrogens with one attached hydrogen (secondary N) is 1. The predicted octanol–water partition coefficient (Wildman–Crippen LogP) is 3.10. The highest BCUT2D eigenvalue weighted by Crippen LogP contribution is 2.18. The Kier molecular flexibility index (Phi) is 5.04. The minimum Gasteiger partial charge on any atom is -0.379 e. The summed E-state index contributed by atoms with van der Waals surface area (Å²) >= 11 is 0. The number of aryl methyl sites for hydroxylation is 1. The van der Waals surface area contributed by atoms with Gasteiger partial charge in [-0.25, -0.2) is 0 Å². The molecule has 0 bridgehead atoms. The van der Waals surface area contributed by atoms with Crippen molar-refractivity contribution in [3.8, 4) is 0 Å². The van der Waals surface area contributed by atoms with Crippen LogP contribution in [-0.2, 0) is 24.4 Å². The summed E-state index contributed by atoms with van der Waals surface area (Å²) in [5, 5.41) is 3.48. The molecule has 1 aromatic heterocycles. The van der Waals surface area contributed by atoms with Gasteiger partial charge in [-0.1, -0.05) is 18.2 Å². The minimum absolute atomic E-state index is 0.0738. The maximum atomic E-state index is 11.4. The summed E-state index contributed by atoms with van der Waals surface area (Å²) < 4.78 is 2.22. The van der Waals surface area contributed by atoms with E-state index in [1.165, 1.54) is 5.69 Å². The van der Waals surface area contributed by atoms with Gasteiger partial charge < -0.3 is 14.8 Å². The third-order valence-corrected chi connectivity index (χ3v) is 3.69. The van der Waals surface area contributed by atoms with Crippen LogP contribution in [0.4, 0.5) is 5.69 Å². The minimum atomic E-state index is 0.0738. The fourth-order valence-electron chi connectivity index (χ4n) is 2.30. The van der Waals surface area contributed by atoms with E-state index in [1.54, 1.807) is 11.8 Å². The number of para-hydroxylation sites is 1. The van der Waals surface area contributed by atoms with Crippen molar-refractivity contribution >= 4 is 11.6 Å². The fourth-order valence-corrected chi connectivity index (χ4v) is 2.30. The molecule has 0 unspecified atom stereocenters. The molecule has 0 spiro atoms. The third-order valence-electron chi connectivity index (χ3n) is 3.69. The second-order valence-corrected chi connectivity index (χ2v) is 5.17. The molecule has 0 fully saturated rings. The number of amides is 1. The Balaban J connectivity index is 2.08. The fraction of sp³-hybridized carbons (Fsp3) is 0.353. The Morgan fingerprint density at radius 3 is 2.71 bits per heavy atom. The van der Waals surface area contributed by atoms with Crippen molar-refractivity contribution in [3.63, 3.8) is 0 Å². The average molecular weight is 285 g/mol. The Labute approximate surface area is 126 Å². The highest BCUT2D eigenvalue weighted by molar-refractivity contribution is 5.73. The number of rotatable bonds is 6. The van der Waals surface area contributed by atoms with Crippen molar-refractivity contribution in [1.82, 2.24) is 9.47 Å². The van der Waals surface area contributed by atoms with Gasteiger partial charge in [-0.05, 0) is 30.7 Å². The standard InChI is InChI=1S/C17H23N3O/c1-4-20-11-7-9-16(20)12-18-17-10-6-5-8-15(17)13-19(3)14(2)21/h5-11,18H,4,12-13H2,1-3H3. The van der Waals surface area contributed by atoms with E-state index >= 15 is 0 Å². The van der Waals surface area contributed by atoms with Gasteiger partial charge in [0.1, 0.15) is 0 Å². The molecule has 4 nitrogen and oxygen atoms in total. The molecular weight excluding hydrogens is 262 g/mol. The largest absolute Gasteiger partial charge is 0.379 e. The molecule has 1 N–H and O–H groups in total. The molecule has 1 heterocycles. The number of aromatic nitrogens is 1. The summed E-state index contributed by atoms with van der Waals surface area (Å²) in [4.78, 5) is 13.1. The zero-order valence-electron chi connectivity index (χ0n) is 13.0. The molecule has 112 valence electrons. The van der Waals surface area contributed by atoms with Gasteiger partial charge in [0.25, 0.3) is 0 Å². The van der Waals surface area contributed by atoms with Crippen LogP contribution >= 0.6 is 0 Å². The Bertz CT molecular complexity index is 604. The zero-order chi connectivity index (χ0) is 15.2. The monoisotopic (exact) mass is 285 g/mol. The van der Waals surface area contributed by atoms with E-state index < -0.39 is 0 Å². The van der Waals surface area contributed by atoms with E-state index in [2.05, 4.69) is 47.3 Å². The molecule has 1 aromatic carbocycles. The summed E-state index contributed by atoms with van der Waals surface area (Å²) in [5.41, 5.74) is 3.46. The normalized spacial score (nSPS) is 10.4. The van der Waals surface area contributed by atoms with Crippen LogP contribution in [0.1, 0.15) is 25.1 Å². The molecule has 0 radical (unpaired) electrons. The first kappa shape index (κ1) is 15.2. The van der Waals surface area contributed by atoms with E-state index in [0.717, 1.165) is 24.3 Å². The molecule has 0 aliphatic carbocycles. The van der Waals surface area contributed by atoms with Crippen LogP contribution in [0.3, 0.4) is 0 Å². The molecule has 0 atom stereocenters. The smallest absolute Gasteiger partial charge is 0.219 e. The molecule has 4 heteroatoms. The topological polar surface area (TPSA) is 37.3 Å². The van der Waals surface area contributed by atoms with E-state index in [0.29, 0.717) is 6.54 Å². The van der Waals surface area contributed by atoms with Crippen LogP contribution in [-0.4, -0.2) is 22.4 Å². The van der Waals surface area contributed by atoms with Crippen molar-refractivity contribution in [2.45, 2.75) is 33.5 Å². The van der Waals surface area contributed by atoms with Crippen LogP contribution in [0.2, 0.25) is 0 Å². The van der Waals surface area contributed by atoms with Crippen LogP contribution in [0, 0.1) is 0 Å². The van der Waals surface area contributed by atoms with Crippen molar-refractivity contribution in [2.24, 2.45) is 0 Å².